The quantitative estimate of drug-likeness (QED) is 0.450. The van der Waals surface area contributed by atoms with E-state index < -0.39 is 10.4 Å². The second kappa shape index (κ2) is 6.36. The maximum absolute atomic E-state index is 10.0. The third-order valence-electron chi connectivity index (χ3n) is 1.22. The second-order valence-electron chi connectivity index (χ2n) is 2.35. The maximum atomic E-state index is 10.0. The van der Waals surface area contributed by atoms with Crippen molar-refractivity contribution in [3.63, 3.8) is 0 Å². The van der Waals surface area contributed by atoms with E-state index in [1.807, 2.05) is 0 Å². The molecule has 0 amide bonds. The van der Waals surface area contributed by atoms with Crippen LogP contribution in [0.5, 0.6) is 0 Å². The lowest BCUT2D eigenvalue weighted by Crippen LogP contribution is -2.22. The summed E-state index contributed by atoms with van der Waals surface area (Å²) in [7, 11) is -4.26. The molecule has 0 unspecified atom stereocenters. The molecule has 0 rings (SSSR count). The number of hydrogen-bond donors (Lipinski definition) is 2. The van der Waals surface area contributed by atoms with Crippen molar-refractivity contribution in [2.24, 2.45) is 0 Å². The minimum absolute atomic E-state index is 0.0253. The highest BCUT2D eigenvalue weighted by Gasteiger charge is 2.01. The van der Waals surface area contributed by atoms with Crippen LogP contribution in [0.2, 0.25) is 0 Å². The van der Waals surface area contributed by atoms with Gasteiger partial charge in [-0.1, -0.05) is 13.3 Å². The molecule has 0 bridgehead atoms. The molecule has 0 saturated heterocycles. The Morgan fingerprint density at radius 2 is 2.08 bits per heavy atom. The molecule has 0 radical (unpaired) electrons. The summed E-state index contributed by atoms with van der Waals surface area (Å²) in [6.45, 7) is 3.31. The fourth-order valence-electron chi connectivity index (χ4n) is 0.646. The van der Waals surface area contributed by atoms with Crippen molar-refractivity contribution < 1.29 is 17.2 Å². The Morgan fingerprint density at radius 3 is 2.58 bits per heavy atom. The lowest BCUT2D eigenvalue weighted by atomic mass is 10.3. The van der Waals surface area contributed by atoms with Crippen LogP contribution < -0.4 is 5.32 Å². The summed E-state index contributed by atoms with van der Waals surface area (Å²) in [5, 5.41) is 2.96. The van der Waals surface area contributed by atoms with E-state index in [0.717, 1.165) is 19.4 Å². The van der Waals surface area contributed by atoms with Crippen molar-refractivity contribution >= 4 is 10.4 Å². The van der Waals surface area contributed by atoms with E-state index in [-0.39, 0.29) is 6.61 Å². The van der Waals surface area contributed by atoms with E-state index in [4.69, 9.17) is 4.55 Å². The Kier molecular flexibility index (Phi) is 6.27. The van der Waals surface area contributed by atoms with E-state index in [0.29, 0.717) is 6.54 Å². The van der Waals surface area contributed by atoms with Gasteiger partial charge in [-0.15, -0.1) is 0 Å². The van der Waals surface area contributed by atoms with Gasteiger partial charge in [-0.05, 0) is 13.0 Å². The SMILES string of the molecule is CCCCNCCOS(=O)(=O)O. The lowest BCUT2D eigenvalue weighted by Gasteiger charge is -2.01. The van der Waals surface area contributed by atoms with Gasteiger partial charge >= 0.3 is 10.4 Å². The molecule has 2 N–H and O–H groups in total. The van der Waals surface area contributed by atoms with Crippen LogP contribution in [0.1, 0.15) is 19.8 Å². The van der Waals surface area contributed by atoms with E-state index in [1.54, 1.807) is 0 Å². The first-order valence-electron chi connectivity index (χ1n) is 3.89. The summed E-state index contributed by atoms with van der Waals surface area (Å²) < 4.78 is 32.3. The van der Waals surface area contributed by atoms with E-state index >= 15 is 0 Å². The van der Waals surface area contributed by atoms with Crippen molar-refractivity contribution in [2.45, 2.75) is 19.8 Å². The summed E-state index contributed by atoms with van der Waals surface area (Å²) in [5.41, 5.74) is 0. The summed E-state index contributed by atoms with van der Waals surface area (Å²) in [6.07, 6.45) is 2.14. The van der Waals surface area contributed by atoms with Gasteiger partial charge < -0.3 is 5.32 Å². The molecule has 0 spiro atoms. The molecule has 5 nitrogen and oxygen atoms in total. The highest BCUT2D eigenvalue weighted by Crippen LogP contribution is 1.85. The van der Waals surface area contributed by atoms with Crippen LogP contribution in [-0.4, -0.2) is 32.7 Å². The number of hydrogen-bond acceptors (Lipinski definition) is 4. The molecule has 0 saturated carbocycles. The molecule has 0 aliphatic heterocycles. The molecule has 74 valence electrons. The highest BCUT2D eigenvalue weighted by atomic mass is 32.3. The third-order valence-corrected chi connectivity index (χ3v) is 1.68. The van der Waals surface area contributed by atoms with Crippen LogP contribution in [0.4, 0.5) is 0 Å². The average molecular weight is 197 g/mol. The normalized spacial score (nSPS) is 11.8. The molecule has 6 heteroatoms. The molecular formula is C6H15NO4S. The first-order valence-corrected chi connectivity index (χ1v) is 5.25. The molecule has 0 fully saturated rings. The summed E-state index contributed by atoms with van der Waals surface area (Å²) >= 11 is 0. The molecule has 0 aliphatic rings. The molecule has 0 aromatic rings. The molecule has 0 atom stereocenters. The number of nitrogens with one attached hydrogen (secondary N) is 1. The van der Waals surface area contributed by atoms with Crippen LogP contribution in [0.3, 0.4) is 0 Å². The zero-order chi connectivity index (χ0) is 9.45. The van der Waals surface area contributed by atoms with Gasteiger partial charge in [0.25, 0.3) is 0 Å². The largest absolute Gasteiger partial charge is 0.397 e. The van der Waals surface area contributed by atoms with Crippen molar-refractivity contribution in [1.82, 2.24) is 5.32 Å². The number of rotatable bonds is 7. The summed E-state index contributed by atoms with van der Waals surface area (Å²) in [5.74, 6) is 0. The van der Waals surface area contributed by atoms with Gasteiger partial charge in [-0.25, -0.2) is 4.18 Å². The Morgan fingerprint density at radius 1 is 1.42 bits per heavy atom. The van der Waals surface area contributed by atoms with E-state index in [1.165, 1.54) is 0 Å². The van der Waals surface area contributed by atoms with Gasteiger partial charge in [0.15, 0.2) is 0 Å². The summed E-state index contributed by atoms with van der Waals surface area (Å²) in [4.78, 5) is 0. The van der Waals surface area contributed by atoms with Crippen molar-refractivity contribution in [3.8, 4) is 0 Å². The standard InChI is InChI=1S/C6H15NO4S/c1-2-3-4-7-5-6-11-12(8,9)10/h7H,2-6H2,1H3,(H,8,9,10). The maximum Gasteiger partial charge on any atom is 0.397 e. The van der Waals surface area contributed by atoms with Gasteiger partial charge in [0, 0.05) is 6.54 Å². The van der Waals surface area contributed by atoms with Crippen molar-refractivity contribution in [1.29, 1.82) is 0 Å². The smallest absolute Gasteiger partial charge is 0.314 e. The fraction of sp³-hybridized carbons (Fsp3) is 1.00. The molecule has 12 heavy (non-hydrogen) atoms. The Labute approximate surface area is 73.1 Å². The zero-order valence-corrected chi connectivity index (χ0v) is 7.93. The van der Waals surface area contributed by atoms with E-state index in [9.17, 15) is 8.42 Å². The third kappa shape index (κ3) is 9.83. The Hall–Kier alpha value is -0.170. The van der Waals surface area contributed by atoms with Crippen molar-refractivity contribution in [2.75, 3.05) is 19.7 Å². The minimum atomic E-state index is -4.26. The van der Waals surface area contributed by atoms with Crippen LogP contribution in [0.25, 0.3) is 0 Å². The van der Waals surface area contributed by atoms with Gasteiger partial charge in [-0.3, -0.25) is 4.55 Å². The van der Waals surface area contributed by atoms with Gasteiger partial charge in [0.05, 0.1) is 6.61 Å². The minimum Gasteiger partial charge on any atom is -0.314 e. The predicted molar refractivity (Wildman–Crippen MR) is 45.3 cm³/mol. The van der Waals surface area contributed by atoms with Crippen LogP contribution in [0.15, 0.2) is 0 Å². The second-order valence-corrected chi connectivity index (χ2v) is 3.44. The van der Waals surface area contributed by atoms with Crippen LogP contribution in [0, 0.1) is 0 Å². The molecular weight excluding hydrogens is 182 g/mol. The van der Waals surface area contributed by atoms with Gasteiger partial charge in [-0.2, -0.15) is 8.42 Å². The Bertz CT molecular complexity index is 190. The first-order chi connectivity index (χ1) is 5.56. The topological polar surface area (TPSA) is 75.6 Å². The van der Waals surface area contributed by atoms with Gasteiger partial charge in [0.2, 0.25) is 0 Å². The molecule has 0 aliphatic carbocycles. The highest BCUT2D eigenvalue weighted by molar-refractivity contribution is 7.80. The number of unbranched alkanes of at least 4 members (excludes halogenated alkanes) is 1. The van der Waals surface area contributed by atoms with Crippen LogP contribution in [-0.2, 0) is 14.6 Å². The monoisotopic (exact) mass is 197 g/mol. The fourth-order valence-corrected chi connectivity index (χ4v) is 0.940. The predicted octanol–water partition coefficient (Wildman–Crippen LogP) is 0.196. The Balaban J connectivity index is 3.12. The van der Waals surface area contributed by atoms with E-state index in [2.05, 4.69) is 16.4 Å². The zero-order valence-electron chi connectivity index (χ0n) is 7.12. The van der Waals surface area contributed by atoms with Gasteiger partial charge in [0.1, 0.15) is 0 Å². The molecule has 0 aromatic heterocycles. The molecule has 0 heterocycles. The first kappa shape index (κ1) is 11.8. The van der Waals surface area contributed by atoms with Crippen LogP contribution >= 0.6 is 0 Å². The summed E-state index contributed by atoms with van der Waals surface area (Å²) in [6, 6.07) is 0. The molecule has 0 aromatic carbocycles. The van der Waals surface area contributed by atoms with Crippen molar-refractivity contribution in [3.05, 3.63) is 0 Å². The lowest BCUT2D eigenvalue weighted by molar-refractivity contribution is 0.267. The average Bonchev–Trinajstić information content (AvgIpc) is 1.94.